The van der Waals surface area contributed by atoms with Crippen molar-refractivity contribution in [3.05, 3.63) is 11.9 Å². The lowest BCUT2D eigenvalue weighted by atomic mass is 10.6. The Hall–Kier alpha value is -0.990. The lowest BCUT2D eigenvalue weighted by Crippen LogP contribution is -2.04. The number of nitrogens with zero attached hydrogens (tertiary/aromatic N) is 1. The molecule has 3 heteroatoms. The molecule has 0 saturated carbocycles. The second-order valence-electron chi connectivity index (χ2n) is 1.20. The highest BCUT2D eigenvalue weighted by molar-refractivity contribution is 5.53. The highest BCUT2D eigenvalue weighted by Gasteiger charge is 1.78. The summed E-state index contributed by atoms with van der Waals surface area (Å²) in [5.74, 6) is 0.785. The SMILES string of the molecule is C/C=C(\N=C/N)NC.CC. The zero-order valence-electron chi connectivity index (χ0n) is 7.18. The maximum absolute atomic E-state index is 5.01. The summed E-state index contributed by atoms with van der Waals surface area (Å²) in [5, 5.41) is 2.84. The average Bonchev–Trinajstić information content (AvgIpc) is 2.04. The van der Waals surface area contributed by atoms with Crippen molar-refractivity contribution in [3.8, 4) is 0 Å². The van der Waals surface area contributed by atoms with Crippen LogP contribution in [-0.4, -0.2) is 13.4 Å². The van der Waals surface area contributed by atoms with Crippen LogP contribution in [0.3, 0.4) is 0 Å². The molecule has 3 N–H and O–H groups in total. The van der Waals surface area contributed by atoms with Crippen LogP contribution in [0.5, 0.6) is 0 Å². The van der Waals surface area contributed by atoms with Gasteiger partial charge < -0.3 is 11.1 Å². The smallest absolute Gasteiger partial charge is 0.123 e. The Morgan fingerprint density at radius 2 is 2.00 bits per heavy atom. The Labute approximate surface area is 63.0 Å². The molecule has 0 amide bonds. The second-order valence-corrected chi connectivity index (χ2v) is 1.20. The van der Waals surface area contributed by atoms with Crippen LogP contribution in [-0.2, 0) is 0 Å². The molecule has 0 aromatic rings. The van der Waals surface area contributed by atoms with Gasteiger partial charge in [-0.25, -0.2) is 4.99 Å². The fourth-order valence-electron chi connectivity index (χ4n) is 0.364. The molecule has 0 rings (SSSR count). The molecule has 0 unspecified atom stereocenters. The maximum atomic E-state index is 5.01. The van der Waals surface area contributed by atoms with E-state index >= 15 is 0 Å². The third-order valence-electron chi connectivity index (χ3n) is 0.743. The number of nitrogens with one attached hydrogen (secondary N) is 1. The third kappa shape index (κ3) is 7.01. The fraction of sp³-hybridized carbons (Fsp3) is 0.571. The summed E-state index contributed by atoms with van der Waals surface area (Å²) in [4.78, 5) is 3.76. The summed E-state index contributed by atoms with van der Waals surface area (Å²) < 4.78 is 0. The van der Waals surface area contributed by atoms with Gasteiger partial charge in [-0.1, -0.05) is 13.8 Å². The molecule has 0 saturated heterocycles. The van der Waals surface area contributed by atoms with Crippen LogP contribution in [0.2, 0.25) is 0 Å². The minimum atomic E-state index is 0.785. The molecule has 0 aliphatic rings. The standard InChI is InChI=1S/C5H11N3.C2H6/c1-3-5(7-2)8-4-6;1-2/h3-4,7H,1-2H3,(H2,6,8);1-2H3/b5-3-;. The van der Waals surface area contributed by atoms with Crippen LogP contribution in [0.15, 0.2) is 16.9 Å². The van der Waals surface area contributed by atoms with E-state index in [1.54, 1.807) is 7.05 Å². The highest BCUT2D eigenvalue weighted by atomic mass is 15.0. The van der Waals surface area contributed by atoms with E-state index in [1.165, 1.54) is 6.34 Å². The predicted molar refractivity (Wildman–Crippen MR) is 46.8 cm³/mol. The van der Waals surface area contributed by atoms with E-state index in [0.29, 0.717) is 0 Å². The first-order chi connectivity index (χ1) is 4.85. The van der Waals surface area contributed by atoms with Crippen LogP contribution in [0, 0.1) is 0 Å². The van der Waals surface area contributed by atoms with E-state index in [2.05, 4.69) is 10.3 Å². The van der Waals surface area contributed by atoms with Crippen molar-refractivity contribution in [2.75, 3.05) is 7.05 Å². The van der Waals surface area contributed by atoms with E-state index < -0.39 is 0 Å². The van der Waals surface area contributed by atoms with E-state index in [1.807, 2.05) is 26.8 Å². The Bertz CT molecular complexity index is 103. The maximum Gasteiger partial charge on any atom is 0.123 e. The van der Waals surface area contributed by atoms with Crippen molar-refractivity contribution in [2.24, 2.45) is 10.7 Å². The first-order valence-electron chi connectivity index (χ1n) is 3.43. The Balaban J connectivity index is 0. The van der Waals surface area contributed by atoms with E-state index in [4.69, 9.17) is 5.73 Å². The van der Waals surface area contributed by atoms with E-state index in [0.717, 1.165) is 5.82 Å². The Morgan fingerprint density at radius 1 is 1.50 bits per heavy atom. The van der Waals surface area contributed by atoms with Crippen LogP contribution in [0.1, 0.15) is 20.8 Å². The largest absolute Gasteiger partial charge is 0.390 e. The van der Waals surface area contributed by atoms with E-state index in [-0.39, 0.29) is 0 Å². The molecule has 0 spiro atoms. The topological polar surface area (TPSA) is 50.4 Å². The van der Waals surface area contributed by atoms with Crippen LogP contribution in [0.25, 0.3) is 0 Å². The quantitative estimate of drug-likeness (QED) is 0.449. The van der Waals surface area contributed by atoms with Gasteiger partial charge in [0.1, 0.15) is 5.82 Å². The van der Waals surface area contributed by atoms with Crippen molar-refractivity contribution in [2.45, 2.75) is 20.8 Å². The molecule has 10 heavy (non-hydrogen) atoms. The number of rotatable bonds is 2. The number of hydrogen-bond acceptors (Lipinski definition) is 2. The molecule has 0 heterocycles. The van der Waals surface area contributed by atoms with Crippen LogP contribution in [0.4, 0.5) is 0 Å². The van der Waals surface area contributed by atoms with Crippen molar-refractivity contribution < 1.29 is 0 Å². The molecular formula is C7H17N3. The van der Waals surface area contributed by atoms with E-state index in [9.17, 15) is 0 Å². The van der Waals surface area contributed by atoms with Crippen molar-refractivity contribution in [1.29, 1.82) is 0 Å². The Morgan fingerprint density at radius 3 is 2.10 bits per heavy atom. The summed E-state index contributed by atoms with van der Waals surface area (Å²) in [6.45, 7) is 5.89. The van der Waals surface area contributed by atoms with Crippen LogP contribution >= 0.6 is 0 Å². The van der Waals surface area contributed by atoms with Crippen molar-refractivity contribution in [1.82, 2.24) is 5.32 Å². The number of aliphatic imine (C=N–C) groups is 1. The third-order valence-corrected chi connectivity index (χ3v) is 0.743. The summed E-state index contributed by atoms with van der Waals surface area (Å²) in [6.07, 6.45) is 3.09. The van der Waals surface area contributed by atoms with Gasteiger partial charge >= 0.3 is 0 Å². The second kappa shape index (κ2) is 10.9. The molecule has 0 fully saturated rings. The fourth-order valence-corrected chi connectivity index (χ4v) is 0.364. The summed E-state index contributed by atoms with van der Waals surface area (Å²) >= 11 is 0. The van der Waals surface area contributed by atoms with Gasteiger partial charge in [0.15, 0.2) is 0 Å². The van der Waals surface area contributed by atoms with Gasteiger partial charge in [-0.05, 0) is 13.0 Å². The summed E-state index contributed by atoms with van der Waals surface area (Å²) in [6, 6.07) is 0. The van der Waals surface area contributed by atoms with Gasteiger partial charge in [0.25, 0.3) is 0 Å². The number of hydrogen-bond donors (Lipinski definition) is 2. The minimum Gasteiger partial charge on any atom is -0.390 e. The normalized spacial score (nSPS) is 10.6. The van der Waals surface area contributed by atoms with Crippen molar-refractivity contribution in [3.63, 3.8) is 0 Å². The zero-order valence-corrected chi connectivity index (χ0v) is 7.18. The van der Waals surface area contributed by atoms with Crippen LogP contribution < -0.4 is 11.1 Å². The number of allylic oxidation sites excluding steroid dienone is 1. The molecule has 0 aliphatic heterocycles. The molecular weight excluding hydrogens is 126 g/mol. The average molecular weight is 143 g/mol. The zero-order chi connectivity index (χ0) is 8.41. The minimum absolute atomic E-state index is 0.785. The predicted octanol–water partition coefficient (Wildman–Crippen LogP) is 1.08. The molecule has 0 aromatic carbocycles. The highest BCUT2D eigenvalue weighted by Crippen LogP contribution is 1.84. The van der Waals surface area contributed by atoms with Gasteiger partial charge in [-0.2, -0.15) is 0 Å². The van der Waals surface area contributed by atoms with Gasteiger partial charge in [-0.15, -0.1) is 0 Å². The summed E-state index contributed by atoms with van der Waals surface area (Å²) in [7, 11) is 1.79. The first kappa shape index (κ1) is 11.8. The lowest BCUT2D eigenvalue weighted by molar-refractivity contribution is 0.962. The molecule has 3 nitrogen and oxygen atoms in total. The van der Waals surface area contributed by atoms with Gasteiger partial charge in [0.2, 0.25) is 0 Å². The molecule has 60 valence electrons. The van der Waals surface area contributed by atoms with Gasteiger partial charge in [-0.3, -0.25) is 0 Å². The Kier molecular flexibility index (Phi) is 12.8. The first-order valence-corrected chi connectivity index (χ1v) is 3.43. The molecule has 0 atom stereocenters. The van der Waals surface area contributed by atoms with Gasteiger partial charge in [0, 0.05) is 7.05 Å². The van der Waals surface area contributed by atoms with Gasteiger partial charge in [0.05, 0.1) is 6.34 Å². The monoisotopic (exact) mass is 143 g/mol. The van der Waals surface area contributed by atoms with Crippen molar-refractivity contribution >= 4 is 6.34 Å². The molecule has 0 aliphatic carbocycles. The lowest BCUT2D eigenvalue weighted by Gasteiger charge is -1.94. The molecule has 0 radical (unpaired) electrons. The summed E-state index contributed by atoms with van der Waals surface area (Å²) in [5.41, 5.74) is 5.01. The molecule has 0 bridgehead atoms. The number of nitrogens with two attached hydrogens (primary N) is 1. The molecule has 0 aromatic heterocycles.